The standard InChI is InChI=1S/C17H18FN3O/c1-22-14-6-7-16-15(10-14)20-17(8-9-19)21(16)11-12-2-4-13(18)5-3-12/h2-7,10H,8-9,11,19H2,1H3. The number of halogens is 1. The van der Waals surface area contributed by atoms with E-state index in [-0.39, 0.29) is 5.82 Å². The van der Waals surface area contributed by atoms with E-state index >= 15 is 0 Å². The number of rotatable bonds is 5. The zero-order valence-electron chi connectivity index (χ0n) is 12.4. The van der Waals surface area contributed by atoms with Gasteiger partial charge in [-0.2, -0.15) is 0 Å². The predicted octanol–water partition coefficient (Wildman–Crippen LogP) is 2.73. The van der Waals surface area contributed by atoms with Crippen LogP contribution in [0.5, 0.6) is 5.75 Å². The highest BCUT2D eigenvalue weighted by atomic mass is 19.1. The van der Waals surface area contributed by atoms with E-state index in [1.54, 1.807) is 19.2 Å². The Morgan fingerprint density at radius 1 is 1.18 bits per heavy atom. The average Bonchev–Trinajstić information content (AvgIpc) is 2.86. The fourth-order valence-corrected chi connectivity index (χ4v) is 2.56. The molecule has 0 spiro atoms. The number of methoxy groups -OCH3 is 1. The predicted molar refractivity (Wildman–Crippen MR) is 84.5 cm³/mol. The zero-order valence-corrected chi connectivity index (χ0v) is 12.4. The Hall–Kier alpha value is -2.40. The molecule has 1 heterocycles. The van der Waals surface area contributed by atoms with Gasteiger partial charge in [-0.05, 0) is 36.4 Å². The monoisotopic (exact) mass is 299 g/mol. The van der Waals surface area contributed by atoms with E-state index in [2.05, 4.69) is 9.55 Å². The molecule has 3 aromatic rings. The van der Waals surface area contributed by atoms with Crippen molar-refractivity contribution in [2.45, 2.75) is 13.0 Å². The molecule has 0 aliphatic rings. The lowest BCUT2D eigenvalue weighted by Crippen LogP contribution is -2.10. The summed E-state index contributed by atoms with van der Waals surface area (Å²) in [5.41, 5.74) is 8.62. The fourth-order valence-electron chi connectivity index (χ4n) is 2.56. The molecule has 2 aromatic carbocycles. The molecule has 4 nitrogen and oxygen atoms in total. The van der Waals surface area contributed by atoms with Crippen molar-refractivity contribution in [1.29, 1.82) is 0 Å². The van der Waals surface area contributed by atoms with Crippen molar-refractivity contribution >= 4 is 11.0 Å². The minimum absolute atomic E-state index is 0.230. The van der Waals surface area contributed by atoms with E-state index in [1.165, 1.54) is 12.1 Å². The number of benzene rings is 2. The molecule has 0 amide bonds. The summed E-state index contributed by atoms with van der Waals surface area (Å²) in [4.78, 5) is 4.65. The summed E-state index contributed by atoms with van der Waals surface area (Å²) in [5, 5.41) is 0. The van der Waals surface area contributed by atoms with Crippen molar-refractivity contribution in [2.24, 2.45) is 5.73 Å². The summed E-state index contributed by atoms with van der Waals surface area (Å²) < 4.78 is 20.4. The van der Waals surface area contributed by atoms with Crippen LogP contribution in [0.1, 0.15) is 11.4 Å². The first-order valence-electron chi connectivity index (χ1n) is 7.19. The topological polar surface area (TPSA) is 53.1 Å². The normalized spacial score (nSPS) is 11.0. The Kier molecular flexibility index (Phi) is 4.06. The molecule has 0 aliphatic heterocycles. The Morgan fingerprint density at radius 2 is 1.95 bits per heavy atom. The van der Waals surface area contributed by atoms with Gasteiger partial charge in [-0.3, -0.25) is 0 Å². The number of nitrogens with two attached hydrogens (primary N) is 1. The highest BCUT2D eigenvalue weighted by molar-refractivity contribution is 5.78. The van der Waals surface area contributed by atoms with Gasteiger partial charge in [0.15, 0.2) is 0 Å². The van der Waals surface area contributed by atoms with Crippen molar-refractivity contribution in [2.75, 3.05) is 13.7 Å². The van der Waals surface area contributed by atoms with Crippen LogP contribution < -0.4 is 10.5 Å². The number of hydrogen-bond donors (Lipinski definition) is 1. The Labute approximate surface area is 128 Å². The third-order valence-electron chi connectivity index (χ3n) is 3.66. The van der Waals surface area contributed by atoms with Crippen LogP contribution in [0.4, 0.5) is 4.39 Å². The Bertz CT molecular complexity index is 780. The lowest BCUT2D eigenvalue weighted by atomic mass is 10.2. The summed E-state index contributed by atoms with van der Waals surface area (Å²) in [6.45, 7) is 1.17. The Morgan fingerprint density at radius 3 is 2.64 bits per heavy atom. The van der Waals surface area contributed by atoms with E-state index in [0.29, 0.717) is 19.5 Å². The first kappa shape index (κ1) is 14.5. The van der Waals surface area contributed by atoms with E-state index in [1.807, 2.05) is 18.2 Å². The van der Waals surface area contributed by atoms with E-state index in [0.717, 1.165) is 28.2 Å². The van der Waals surface area contributed by atoms with Crippen LogP contribution in [0.15, 0.2) is 42.5 Å². The fraction of sp³-hybridized carbons (Fsp3) is 0.235. The molecular formula is C17H18FN3O. The van der Waals surface area contributed by atoms with Gasteiger partial charge in [-0.15, -0.1) is 0 Å². The molecule has 2 N–H and O–H groups in total. The molecule has 5 heteroatoms. The molecule has 22 heavy (non-hydrogen) atoms. The second kappa shape index (κ2) is 6.15. The molecule has 0 aliphatic carbocycles. The van der Waals surface area contributed by atoms with Crippen LogP contribution in [-0.2, 0) is 13.0 Å². The molecule has 0 saturated carbocycles. The van der Waals surface area contributed by atoms with Crippen molar-refractivity contribution < 1.29 is 9.13 Å². The molecule has 0 bridgehead atoms. The second-order valence-corrected chi connectivity index (χ2v) is 5.13. The molecule has 3 rings (SSSR count). The number of hydrogen-bond acceptors (Lipinski definition) is 3. The first-order chi connectivity index (χ1) is 10.7. The van der Waals surface area contributed by atoms with Crippen molar-refractivity contribution in [3.8, 4) is 5.75 Å². The number of nitrogens with zero attached hydrogens (tertiary/aromatic N) is 2. The third kappa shape index (κ3) is 2.80. The quantitative estimate of drug-likeness (QED) is 0.788. The smallest absolute Gasteiger partial charge is 0.123 e. The summed E-state index contributed by atoms with van der Waals surface area (Å²) in [7, 11) is 1.64. The molecule has 0 radical (unpaired) electrons. The molecule has 1 aromatic heterocycles. The minimum Gasteiger partial charge on any atom is -0.497 e. The SMILES string of the molecule is COc1ccc2c(c1)nc(CCN)n2Cc1ccc(F)cc1. The zero-order chi connectivity index (χ0) is 15.5. The maximum atomic E-state index is 13.1. The van der Waals surface area contributed by atoms with E-state index in [4.69, 9.17) is 10.5 Å². The van der Waals surface area contributed by atoms with Crippen molar-refractivity contribution in [3.63, 3.8) is 0 Å². The minimum atomic E-state index is -0.230. The third-order valence-corrected chi connectivity index (χ3v) is 3.66. The van der Waals surface area contributed by atoms with Crippen molar-refractivity contribution in [3.05, 3.63) is 59.7 Å². The van der Waals surface area contributed by atoms with E-state index in [9.17, 15) is 4.39 Å². The first-order valence-corrected chi connectivity index (χ1v) is 7.19. The highest BCUT2D eigenvalue weighted by Crippen LogP contribution is 2.23. The van der Waals surface area contributed by atoms with Gasteiger partial charge in [-0.25, -0.2) is 9.37 Å². The van der Waals surface area contributed by atoms with Gasteiger partial charge in [0.2, 0.25) is 0 Å². The molecule has 0 saturated heterocycles. The number of aromatic nitrogens is 2. The van der Waals surface area contributed by atoms with Gasteiger partial charge in [0.1, 0.15) is 17.4 Å². The summed E-state index contributed by atoms with van der Waals surface area (Å²) >= 11 is 0. The van der Waals surface area contributed by atoms with Gasteiger partial charge < -0.3 is 15.0 Å². The number of ether oxygens (including phenoxy) is 1. The van der Waals surface area contributed by atoms with Gasteiger partial charge in [-0.1, -0.05) is 12.1 Å². The lowest BCUT2D eigenvalue weighted by Gasteiger charge is -2.09. The molecule has 0 unspecified atom stereocenters. The van der Waals surface area contributed by atoms with Gasteiger partial charge >= 0.3 is 0 Å². The van der Waals surface area contributed by atoms with Crippen LogP contribution in [0, 0.1) is 5.82 Å². The highest BCUT2D eigenvalue weighted by Gasteiger charge is 2.11. The van der Waals surface area contributed by atoms with Crippen molar-refractivity contribution in [1.82, 2.24) is 9.55 Å². The van der Waals surface area contributed by atoms with Gasteiger partial charge in [0.05, 0.1) is 18.1 Å². The number of fused-ring (bicyclic) bond motifs is 1. The van der Waals surface area contributed by atoms with E-state index < -0.39 is 0 Å². The van der Waals surface area contributed by atoms with Crippen LogP contribution in [0.3, 0.4) is 0 Å². The van der Waals surface area contributed by atoms with Crippen LogP contribution in [0.2, 0.25) is 0 Å². The molecular weight excluding hydrogens is 281 g/mol. The number of imidazole rings is 1. The average molecular weight is 299 g/mol. The van der Waals surface area contributed by atoms with Crippen LogP contribution in [-0.4, -0.2) is 23.2 Å². The molecule has 0 atom stereocenters. The maximum Gasteiger partial charge on any atom is 0.123 e. The van der Waals surface area contributed by atoms with Gasteiger partial charge in [0, 0.05) is 19.0 Å². The van der Waals surface area contributed by atoms with Crippen LogP contribution >= 0.6 is 0 Å². The Balaban J connectivity index is 2.05. The maximum absolute atomic E-state index is 13.1. The van der Waals surface area contributed by atoms with Gasteiger partial charge in [0.25, 0.3) is 0 Å². The van der Waals surface area contributed by atoms with Crippen LogP contribution in [0.25, 0.3) is 11.0 Å². The summed E-state index contributed by atoms with van der Waals surface area (Å²) in [6.07, 6.45) is 0.693. The molecule has 0 fully saturated rings. The second-order valence-electron chi connectivity index (χ2n) is 5.13. The summed E-state index contributed by atoms with van der Waals surface area (Å²) in [5.74, 6) is 1.47. The molecule has 114 valence electrons. The largest absolute Gasteiger partial charge is 0.497 e. The lowest BCUT2D eigenvalue weighted by molar-refractivity contribution is 0.415. The summed E-state index contributed by atoms with van der Waals surface area (Å²) in [6, 6.07) is 12.3.